The largest absolute Gasteiger partial charge is 0.496 e. The Kier molecular flexibility index (Phi) is 2.49. The Hall–Kier alpha value is -1.02. The van der Waals surface area contributed by atoms with Crippen molar-refractivity contribution in [1.82, 2.24) is 0 Å². The van der Waals surface area contributed by atoms with Crippen LogP contribution in [0, 0.1) is 0 Å². The maximum atomic E-state index is 10.3. The normalized spacial score (nSPS) is 9.27. The Morgan fingerprint density at radius 2 is 2.27 bits per heavy atom. The van der Waals surface area contributed by atoms with Gasteiger partial charge in [0.25, 0.3) is 0 Å². The molecule has 2 nitrogen and oxygen atoms in total. The molecule has 0 aromatic heterocycles. The zero-order valence-electron chi connectivity index (χ0n) is 5.93. The van der Waals surface area contributed by atoms with Crippen LogP contribution >= 0.6 is 11.6 Å². The van der Waals surface area contributed by atoms with E-state index in [4.69, 9.17) is 16.3 Å². The SMILES string of the molecule is COc1ccc(Cl)cc1[C]=O. The quantitative estimate of drug-likeness (QED) is 0.675. The summed E-state index contributed by atoms with van der Waals surface area (Å²) in [7, 11) is 1.49. The third kappa shape index (κ3) is 1.71. The first-order chi connectivity index (χ1) is 5.27. The maximum Gasteiger partial charge on any atom is 0.237 e. The van der Waals surface area contributed by atoms with Crippen molar-refractivity contribution in [3.8, 4) is 5.75 Å². The molecular weight excluding hydrogens is 164 g/mol. The van der Waals surface area contributed by atoms with Crippen LogP contribution in [0.25, 0.3) is 0 Å². The number of hydrogen-bond acceptors (Lipinski definition) is 2. The van der Waals surface area contributed by atoms with Crippen LogP contribution in [0.4, 0.5) is 0 Å². The summed E-state index contributed by atoms with van der Waals surface area (Å²) in [6, 6.07) is 4.79. The minimum absolute atomic E-state index is 0.347. The molecule has 11 heavy (non-hydrogen) atoms. The molecule has 0 N–H and O–H groups in total. The van der Waals surface area contributed by atoms with E-state index in [0.717, 1.165) is 0 Å². The molecule has 0 unspecified atom stereocenters. The Morgan fingerprint density at radius 3 is 2.82 bits per heavy atom. The number of benzene rings is 1. The number of halogens is 1. The molecule has 0 saturated heterocycles. The van der Waals surface area contributed by atoms with Gasteiger partial charge in [0.05, 0.1) is 12.7 Å². The molecule has 0 atom stereocenters. The molecule has 57 valence electrons. The summed E-state index contributed by atoms with van der Waals surface area (Å²) in [6.45, 7) is 0. The summed E-state index contributed by atoms with van der Waals surface area (Å²) >= 11 is 5.62. The predicted molar refractivity (Wildman–Crippen MR) is 42.8 cm³/mol. The minimum atomic E-state index is 0.347. The van der Waals surface area contributed by atoms with Gasteiger partial charge in [-0.15, -0.1) is 0 Å². The average Bonchev–Trinajstić information content (AvgIpc) is 2.04. The molecule has 3 heteroatoms. The molecule has 0 aliphatic carbocycles. The van der Waals surface area contributed by atoms with E-state index in [-0.39, 0.29) is 0 Å². The van der Waals surface area contributed by atoms with E-state index in [1.807, 2.05) is 0 Å². The lowest BCUT2D eigenvalue weighted by Crippen LogP contribution is -1.89. The van der Waals surface area contributed by atoms with Crippen LogP contribution in [0.5, 0.6) is 5.75 Å². The van der Waals surface area contributed by atoms with Gasteiger partial charge in [-0.3, -0.25) is 4.79 Å². The molecule has 0 aliphatic heterocycles. The summed E-state index contributed by atoms with van der Waals surface area (Å²) in [5.41, 5.74) is 0.347. The van der Waals surface area contributed by atoms with Gasteiger partial charge in [-0.25, -0.2) is 0 Å². The molecule has 0 fully saturated rings. The van der Waals surface area contributed by atoms with Crippen LogP contribution in [0.3, 0.4) is 0 Å². The molecular formula is C8H6ClO2. The van der Waals surface area contributed by atoms with Gasteiger partial charge in [-0.2, -0.15) is 0 Å². The molecule has 0 heterocycles. The third-order valence-corrected chi connectivity index (χ3v) is 1.51. The number of ether oxygens (including phenoxy) is 1. The van der Waals surface area contributed by atoms with Crippen LogP contribution < -0.4 is 4.74 Å². The van der Waals surface area contributed by atoms with Crippen molar-refractivity contribution in [2.75, 3.05) is 7.11 Å². The molecule has 0 bridgehead atoms. The average molecular weight is 170 g/mol. The molecule has 1 aromatic rings. The maximum absolute atomic E-state index is 10.3. The number of hydrogen-bond donors (Lipinski definition) is 0. The van der Waals surface area contributed by atoms with E-state index >= 15 is 0 Å². The van der Waals surface area contributed by atoms with Crippen LogP contribution in [0.15, 0.2) is 18.2 Å². The fourth-order valence-corrected chi connectivity index (χ4v) is 0.932. The summed E-state index contributed by atoms with van der Waals surface area (Å²) in [5.74, 6) is 0.490. The van der Waals surface area contributed by atoms with Crippen molar-refractivity contribution in [3.63, 3.8) is 0 Å². The lowest BCUT2D eigenvalue weighted by Gasteiger charge is -2.01. The van der Waals surface area contributed by atoms with Gasteiger partial charge < -0.3 is 4.74 Å². The van der Waals surface area contributed by atoms with Gasteiger partial charge in [-0.05, 0) is 18.2 Å². The molecule has 0 saturated carbocycles. The van der Waals surface area contributed by atoms with Crippen molar-refractivity contribution in [1.29, 1.82) is 0 Å². The predicted octanol–water partition coefficient (Wildman–Crippen LogP) is 1.81. The molecule has 0 spiro atoms. The summed E-state index contributed by atoms with van der Waals surface area (Å²) in [5, 5.41) is 0.504. The van der Waals surface area contributed by atoms with Gasteiger partial charge >= 0.3 is 0 Å². The number of carbonyl (C=O) groups excluding carboxylic acids is 1. The van der Waals surface area contributed by atoms with E-state index in [1.54, 1.807) is 18.4 Å². The first-order valence-electron chi connectivity index (χ1n) is 2.99. The molecule has 1 radical (unpaired) electrons. The molecule has 1 aromatic carbocycles. The topological polar surface area (TPSA) is 26.3 Å². The third-order valence-electron chi connectivity index (χ3n) is 1.27. The lowest BCUT2D eigenvalue weighted by atomic mass is 10.2. The monoisotopic (exact) mass is 169 g/mol. The zero-order chi connectivity index (χ0) is 8.27. The summed E-state index contributed by atoms with van der Waals surface area (Å²) < 4.78 is 4.87. The van der Waals surface area contributed by atoms with E-state index < -0.39 is 0 Å². The highest BCUT2D eigenvalue weighted by Gasteiger charge is 2.01. The fourth-order valence-electron chi connectivity index (χ4n) is 0.760. The summed E-state index contributed by atoms with van der Waals surface area (Å²) in [4.78, 5) is 10.3. The first-order valence-corrected chi connectivity index (χ1v) is 3.37. The second-order valence-corrected chi connectivity index (χ2v) is 2.38. The van der Waals surface area contributed by atoms with Gasteiger partial charge in [-0.1, -0.05) is 11.6 Å². The highest BCUT2D eigenvalue weighted by Crippen LogP contribution is 2.20. The Bertz CT molecular complexity index is 271. The zero-order valence-corrected chi connectivity index (χ0v) is 6.68. The van der Waals surface area contributed by atoms with Crippen LogP contribution in [0.1, 0.15) is 5.56 Å². The van der Waals surface area contributed by atoms with Crippen LogP contribution in [0.2, 0.25) is 5.02 Å². The van der Waals surface area contributed by atoms with Crippen molar-refractivity contribution in [2.24, 2.45) is 0 Å². The van der Waals surface area contributed by atoms with Crippen LogP contribution in [-0.4, -0.2) is 13.4 Å². The Labute approximate surface area is 69.7 Å². The molecule has 1 rings (SSSR count). The lowest BCUT2D eigenvalue weighted by molar-refractivity contribution is 0.413. The van der Waals surface area contributed by atoms with E-state index in [2.05, 4.69) is 0 Å². The first kappa shape index (κ1) is 8.08. The second-order valence-electron chi connectivity index (χ2n) is 1.95. The number of rotatable bonds is 2. The van der Waals surface area contributed by atoms with Crippen LogP contribution in [-0.2, 0) is 4.79 Å². The highest BCUT2D eigenvalue weighted by atomic mass is 35.5. The van der Waals surface area contributed by atoms with Gasteiger partial charge in [0.1, 0.15) is 5.75 Å². The second kappa shape index (κ2) is 3.39. The fraction of sp³-hybridized carbons (Fsp3) is 0.125. The van der Waals surface area contributed by atoms with E-state index in [1.165, 1.54) is 13.2 Å². The Balaban J connectivity index is 3.16. The van der Waals surface area contributed by atoms with Gasteiger partial charge in [0.2, 0.25) is 6.29 Å². The van der Waals surface area contributed by atoms with Crippen molar-refractivity contribution in [3.05, 3.63) is 28.8 Å². The standard InChI is InChI=1S/C8H6ClO2/c1-11-8-3-2-7(9)4-6(8)5-10/h2-4H,1H3. The Morgan fingerprint density at radius 1 is 1.55 bits per heavy atom. The molecule has 0 aliphatic rings. The van der Waals surface area contributed by atoms with E-state index in [9.17, 15) is 4.79 Å². The number of methoxy groups -OCH3 is 1. The van der Waals surface area contributed by atoms with Gasteiger partial charge in [0, 0.05) is 5.02 Å². The highest BCUT2D eigenvalue weighted by molar-refractivity contribution is 6.30. The van der Waals surface area contributed by atoms with E-state index in [0.29, 0.717) is 16.3 Å². The summed E-state index contributed by atoms with van der Waals surface area (Å²) in [6.07, 6.45) is 1.73. The van der Waals surface area contributed by atoms with Crippen molar-refractivity contribution < 1.29 is 9.53 Å². The van der Waals surface area contributed by atoms with Crippen molar-refractivity contribution in [2.45, 2.75) is 0 Å². The minimum Gasteiger partial charge on any atom is -0.496 e. The van der Waals surface area contributed by atoms with Crippen molar-refractivity contribution >= 4 is 17.9 Å². The smallest absolute Gasteiger partial charge is 0.237 e. The molecule has 0 amide bonds. The van der Waals surface area contributed by atoms with Gasteiger partial charge in [0.15, 0.2) is 0 Å².